The average Bonchev–Trinajstić information content (AvgIpc) is 2.59. The maximum atomic E-state index is 13.0. The molecule has 0 saturated carbocycles. The Balaban J connectivity index is 2.30. The first-order valence-electron chi connectivity index (χ1n) is 7.84. The van der Waals surface area contributed by atoms with Gasteiger partial charge in [-0.3, -0.25) is 5.43 Å². The Morgan fingerprint density at radius 3 is 2.64 bits per heavy atom. The third-order valence-electron chi connectivity index (χ3n) is 3.59. The number of hydrogen-bond acceptors (Lipinski definition) is 6. The fourth-order valence-electron chi connectivity index (χ4n) is 2.31. The smallest absolute Gasteiger partial charge is 0.416 e. The van der Waals surface area contributed by atoms with Crippen molar-refractivity contribution in [2.45, 2.75) is 20.0 Å². The molecule has 1 fully saturated rings. The van der Waals surface area contributed by atoms with E-state index in [1.165, 1.54) is 13.0 Å². The van der Waals surface area contributed by atoms with Gasteiger partial charge in [0.2, 0.25) is 0 Å². The van der Waals surface area contributed by atoms with Crippen LogP contribution in [0.2, 0.25) is 0 Å². The second kappa shape index (κ2) is 8.19. The number of anilines is 2. The molecule has 2 rings (SSSR count). The molecule has 0 unspecified atom stereocenters. The summed E-state index contributed by atoms with van der Waals surface area (Å²) in [5, 5.41) is 3.86. The topological polar surface area (TPSA) is 63.2 Å². The minimum Gasteiger partial charge on any atom is -0.461 e. The molecule has 9 heteroatoms. The molecule has 1 aliphatic heterocycles. The molecule has 0 radical (unpaired) electrons. The predicted octanol–water partition coefficient (Wildman–Crippen LogP) is 2.89. The lowest BCUT2D eigenvalue weighted by Crippen LogP contribution is -2.36. The van der Waals surface area contributed by atoms with E-state index in [2.05, 4.69) is 10.5 Å². The largest absolute Gasteiger partial charge is 0.461 e. The van der Waals surface area contributed by atoms with Gasteiger partial charge in [-0.15, -0.1) is 0 Å². The Morgan fingerprint density at radius 1 is 1.36 bits per heavy atom. The Bertz CT molecular complexity index is 641. The summed E-state index contributed by atoms with van der Waals surface area (Å²) >= 11 is 0. The van der Waals surface area contributed by atoms with Crippen LogP contribution in [0.5, 0.6) is 0 Å². The zero-order valence-corrected chi connectivity index (χ0v) is 14.0. The van der Waals surface area contributed by atoms with Crippen LogP contribution in [0.25, 0.3) is 0 Å². The molecule has 0 spiro atoms. The maximum Gasteiger partial charge on any atom is 0.416 e. The minimum atomic E-state index is -4.47. The standard InChI is InChI=1S/C16H20F3N3O3/c1-3-25-15(23)11(2)20-21-13-10-12(16(17,18)19)4-5-14(13)22-6-8-24-9-7-22/h4-5,10,21H,3,6-9H2,1-2H3/b20-11-. The van der Waals surface area contributed by atoms with Gasteiger partial charge in [-0.1, -0.05) is 0 Å². The number of hydrogen-bond donors (Lipinski definition) is 1. The van der Waals surface area contributed by atoms with Gasteiger partial charge in [0.15, 0.2) is 0 Å². The molecular weight excluding hydrogens is 339 g/mol. The summed E-state index contributed by atoms with van der Waals surface area (Å²) in [6, 6.07) is 3.40. The molecule has 0 atom stereocenters. The number of morpholine rings is 1. The molecule has 0 aliphatic carbocycles. The van der Waals surface area contributed by atoms with E-state index < -0.39 is 17.7 Å². The summed E-state index contributed by atoms with van der Waals surface area (Å²) in [6.07, 6.45) is -4.47. The summed E-state index contributed by atoms with van der Waals surface area (Å²) in [6.45, 7) is 5.36. The summed E-state index contributed by atoms with van der Waals surface area (Å²) in [5.41, 5.74) is 2.53. The third-order valence-corrected chi connectivity index (χ3v) is 3.59. The van der Waals surface area contributed by atoms with E-state index in [4.69, 9.17) is 9.47 Å². The number of benzene rings is 1. The monoisotopic (exact) mass is 359 g/mol. The molecule has 6 nitrogen and oxygen atoms in total. The number of hydrazone groups is 1. The quantitative estimate of drug-likeness (QED) is 0.498. The van der Waals surface area contributed by atoms with Crippen LogP contribution in [0.15, 0.2) is 23.3 Å². The number of ether oxygens (including phenoxy) is 2. The van der Waals surface area contributed by atoms with Crippen LogP contribution in [-0.4, -0.2) is 44.6 Å². The number of nitrogens with one attached hydrogen (secondary N) is 1. The highest BCUT2D eigenvalue weighted by Gasteiger charge is 2.31. The third kappa shape index (κ3) is 5.09. The highest BCUT2D eigenvalue weighted by atomic mass is 19.4. The van der Waals surface area contributed by atoms with Crippen LogP contribution in [0.4, 0.5) is 24.5 Å². The van der Waals surface area contributed by atoms with Crippen LogP contribution in [-0.2, 0) is 20.4 Å². The normalized spacial score (nSPS) is 15.9. The Hall–Kier alpha value is -2.29. The molecule has 0 bridgehead atoms. The van der Waals surface area contributed by atoms with Gasteiger partial charge in [0, 0.05) is 13.1 Å². The highest BCUT2D eigenvalue weighted by molar-refractivity contribution is 6.35. The van der Waals surface area contributed by atoms with Crippen LogP contribution < -0.4 is 10.3 Å². The van der Waals surface area contributed by atoms with Gasteiger partial charge in [0.25, 0.3) is 0 Å². The van der Waals surface area contributed by atoms with E-state index in [1.54, 1.807) is 6.92 Å². The fraction of sp³-hybridized carbons (Fsp3) is 0.500. The highest BCUT2D eigenvalue weighted by Crippen LogP contribution is 2.35. The maximum absolute atomic E-state index is 13.0. The number of rotatable bonds is 5. The second-order valence-electron chi connectivity index (χ2n) is 5.36. The number of nitrogens with zero attached hydrogens (tertiary/aromatic N) is 2. The minimum absolute atomic E-state index is 0.0205. The SMILES string of the molecule is CCOC(=O)/C(C)=N\Nc1cc(C(F)(F)F)ccc1N1CCOCC1. The van der Waals surface area contributed by atoms with Gasteiger partial charge in [0.05, 0.1) is 36.8 Å². The zero-order chi connectivity index (χ0) is 18.4. The summed E-state index contributed by atoms with van der Waals surface area (Å²) in [4.78, 5) is 13.5. The molecule has 0 amide bonds. The van der Waals surface area contributed by atoms with E-state index in [9.17, 15) is 18.0 Å². The summed E-state index contributed by atoms with van der Waals surface area (Å²) in [5.74, 6) is -0.630. The first-order valence-corrected chi connectivity index (χ1v) is 7.84. The number of halogens is 3. The zero-order valence-electron chi connectivity index (χ0n) is 14.0. The average molecular weight is 359 g/mol. The number of esters is 1. The summed E-state index contributed by atoms with van der Waals surface area (Å²) < 4.78 is 49.1. The van der Waals surface area contributed by atoms with Crippen molar-refractivity contribution >= 4 is 23.1 Å². The molecule has 0 aromatic heterocycles. The lowest BCUT2D eigenvalue weighted by atomic mass is 10.1. The van der Waals surface area contributed by atoms with Crippen LogP contribution in [0, 0.1) is 0 Å². The molecule has 1 aromatic rings. The van der Waals surface area contributed by atoms with E-state index in [0.29, 0.717) is 32.0 Å². The van der Waals surface area contributed by atoms with Crippen molar-refractivity contribution < 1.29 is 27.4 Å². The lowest BCUT2D eigenvalue weighted by molar-refractivity contribution is -0.137. The molecule has 138 valence electrons. The van der Waals surface area contributed by atoms with Gasteiger partial charge in [-0.25, -0.2) is 4.79 Å². The van der Waals surface area contributed by atoms with Crippen molar-refractivity contribution in [3.8, 4) is 0 Å². The van der Waals surface area contributed by atoms with Crippen molar-refractivity contribution in [2.75, 3.05) is 43.2 Å². The van der Waals surface area contributed by atoms with Gasteiger partial charge >= 0.3 is 12.1 Å². The molecule has 1 heterocycles. The van der Waals surface area contributed by atoms with Crippen LogP contribution >= 0.6 is 0 Å². The molecule has 1 N–H and O–H groups in total. The molecule has 1 saturated heterocycles. The first kappa shape index (κ1) is 19.0. The van der Waals surface area contributed by atoms with Gasteiger partial charge in [-0.2, -0.15) is 18.3 Å². The van der Waals surface area contributed by atoms with Crippen molar-refractivity contribution in [1.29, 1.82) is 0 Å². The molecule has 1 aromatic carbocycles. The van der Waals surface area contributed by atoms with E-state index in [-0.39, 0.29) is 18.0 Å². The van der Waals surface area contributed by atoms with E-state index in [1.807, 2.05) is 4.90 Å². The summed E-state index contributed by atoms with van der Waals surface area (Å²) in [7, 11) is 0. The first-order chi connectivity index (χ1) is 11.8. The predicted molar refractivity (Wildman–Crippen MR) is 87.8 cm³/mol. The van der Waals surface area contributed by atoms with E-state index in [0.717, 1.165) is 12.1 Å². The van der Waals surface area contributed by atoms with Gasteiger partial charge in [0.1, 0.15) is 5.71 Å². The second-order valence-corrected chi connectivity index (χ2v) is 5.36. The number of carbonyl (C=O) groups excluding carboxylic acids is 1. The van der Waals surface area contributed by atoms with Crippen molar-refractivity contribution in [1.82, 2.24) is 0 Å². The number of carbonyl (C=O) groups is 1. The van der Waals surface area contributed by atoms with Crippen molar-refractivity contribution in [3.05, 3.63) is 23.8 Å². The number of alkyl halides is 3. The Labute approximate surface area is 143 Å². The Kier molecular flexibility index (Phi) is 6.24. The van der Waals surface area contributed by atoms with E-state index >= 15 is 0 Å². The Morgan fingerprint density at radius 2 is 2.04 bits per heavy atom. The lowest BCUT2D eigenvalue weighted by Gasteiger charge is -2.30. The van der Waals surface area contributed by atoms with Gasteiger partial charge in [-0.05, 0) is 32.0 Å². The van der Waals surface area contributed by atoms with Crippen LogP contribution in [0.1, 0.15) is 19.4 Å². The van der Waals surface area contributed by atoms with Gasteiger partial charge < -0.3 is 14.4 Å². The van der Waals surface area contributed by atoms with Crippen molar-refractivity contribution in [3.63, 3.8) is 0 Å². The van der Waals surface area contributed by atoms with Crippen molar-refractivity contribution in [2.24, 2.45) is 5.10 Å². The van der Waals surface area contributed by atoms with Crippen LogP contribution in [0.3, 0.4) is 0 Å². The molecule has 25 heavy (non-hydrogen) atoms. The molecular formula is C16H20F3N3O3. The molecule has 1 aliphatic rings. The fourth-order valence-corrected chi connectivity index (χ4v) is 2.31.